The average Bonchev–Trinajstić information content (AvgIpc) is 2.64. The van der Waals surface area contributed by atoms with E-state index in [1.54, 1.807) is 0 Å². The smallest absolute Gasteiger partial charge is 0.161 e. The van der Waals surface area contributed by atoms with Gasteiger partial charge in [0.2, 0.25) is 0 Å². The van der Waals surface area contributed by atoms with Gasteiger partial charge < -0.3 is 20.1 Å². The van der Waals surface area contributed by atoms with Crippen LogP contribution in [0.15, 0.2) is 18.2 Å². The molecule has 0 radical (unpaired) electrons. The number of hydrogen-bond acceptors (Lipinski definition) is 4. The van der Waals surface area contributed by atoms with E-state index in [9.17, 15) is 0 Å². The monoisotopic (exact) mass is 264 g/mol. The van der Waals surface area contributed by atoms with Crippen LogP contribution < -0.4 is 20.1 Å². The van der Waals surface area contributed by atoms with Gasteiger partial charge in [-0.05, 0) is 45.6 Å². The molecule has 0 aromatic heterocycles. The van der Waals surface area contributed by atoms with Crippen molar-refractivity contribution in [3.8, 4) is 11.5 Å². The predicted molar refractivity (Wildman–Crippen MR) is 77.0 cm³/mol. The van der Waals surface area contributed by atoms with E-state index in [0.717, 1.165) is 31.1 Å². The first-order valence-electron chi connectivity index (χ1n) is 6.84. The molecule has 1 aromatic rings. The predicted octanol–water partition coefficient (Wildman–Crippen LogP) is 2.11. The highest BCUT2D eigenvalue weighted by atomic mass is 16.5. The molecule has 0 saturated carbocycles. The molecule has 1 aliphatic heterocycles. The van der Waals surface area contributed by atoms with Crippen molar-refractivity contribution in [1.82, 2.24) is 10.6 Å². The first-order chi connectivity index (χ1) is 9.08. The zero-order valence-corrected chi connectivity index (χ0v) is 12.2. The Labute approximate surface area is 115 Å². The molecular weight excluding hydrogens is 240 g/mol. The maximum atomic E-state index is 5.76. The lowest BCUT2D eigenvalue weighted by Gasteiger charge is -2.34. The largest absolute Gasteiger partial charge is 0.490 e. The minimum Gasteiger partial charge on any atom is -0.490 e. The normalized spacial score (nSPS) is 16.8. The van der Waals surface area contributed by atoms with Crippen LogP contribution in [0, 0.1) is 0 Å². The van der Waals surface area contributed by atoms with Crippen molar-refractivity contribution < 1.29 is 9.47 Å². The number of fused-ring (bicyclic) bond motifs is 1. The van der Waals surface area contributed by atoms with Gasteiger partial charge in [-0.15, -0.1) is 0 Å². The zero-order chi connectivity index (χ0) is 13.9. The summed E-state index contributed by atoms with van der Waals surface area (Å²) in [5.74, 6) is 1.69. The van der Waals surface area contributed by atoms with Gasteiger partial charge in [0.1, 0.15) is 0 Å². The van der Waals surface area contributed by atoms with Crippen LogP contribution in [0.2, 0.25) is 0 Å². The highest BCUT2D eigenvalue weighted by Crippen LogP contribution is 2.34. The van der Waals surface area contributed by atoms with Crippen LogP contribution in [0.1, 0.15) is 31.9 Å². The lowest BCUT2D eigenvalue weighted by molar-refractivity contribution is 0.296. The Morgan fingerprint density at radius 1 is 1.11 bits per heavy atom. The summed E-state index contributed by atoms with van der Waals surface area (Å²) in [6.45, 7) is 5.80. The lowest BCUT2D eigenvalue weighted by Crippen LogP contribution is -2.47. The molecule has 0 saturated heterocycles. The number of ether oxygens (including phenoxy) is 2. The van der Waals surface area contributed by atoms with Gasteiger partial charge in [-0.25, -0.2) is 0 Å². The Hall–Kier alpha value is -1.26. The molecule has 2 N–H and O–H groups in total. The van der Waals surface area contributed by atoms with E-state index in [1.165, 1.54) is 5.56 Å². The van der Waals surface area contributed by atoms with Crippen LogP contribution in [0.4, 0.5) is 0 Å². The number of nitrogens with one attached hydrogen (secondary N) is 2. The van der Waals surface area contributed by atoms with Gasteiger partial charge in [-0.1, -0.05) is 6.07 Å². The summed E-state index contributed by atoms with van der Waals surface area (Å²) in [4.78, 5) is 0. The van der Waals surface area contributed by atoms with Crippen LogP contribution in [-0.2, 0) is 0 Å². The molecule has 1 aromatic carbocycles. The summed E-state index contributed by atoms with van der Waals surface area (Å²) in [7, 11) is 3.96. The Bertz CT molecular complexity index is 432. The van der Waals surface area contributed by atoms with E-state index in [0.29, 0.717) is 0 Å². The second-order valence-corrected chi connectivity index (χ2v) is 5.45. The topological polar surface area (TPSA) is 42.5 Å². The summed E-state index contributed by atoms with van der Waals surface area (Å²) in [6.07, 6.45) is 0.932. The fourth-order valence-corrected chi connectivity index (χ4v) is 2.45. The Morgan fingerprint density at radius 2 is 1.79 bits per heavy atom. The van der Waals surface area contributed by atoms with Gasteiger partial charge in [0, 0.05) is 18.0 Å². The van der Waals surface area contributed by atoms with Gasteiger partial charge in [-0.2, -0.15) is 0 Å². The van der Waals surface area contributed by atoms with E-state index >= 15 is 0 Å². The number of rotatable bonds is 4. The molecule has 1 aliphatic rings. The van der Waals surface area contributed by atoms with Gasteiger partial charge >= 0.3 is 0 Å². The third kappa shape index (κ3) is 3.01. The fraction of sp³-hybridized carbons (Fsp3) is 0.600. The molecule has 0 aliphatic carbocycles. The maximum absolute atomic E-state index is 5.76. The number of hydrogen-bond donors (Lipinski definition) is 2. The molecule has 1 atom stereocenters. The van der Waals surface area contributed by atoms with Crippen LogP contribution >= 0.6 is 0 Å². The second kappa shape index (κ2) is 5.80. The summed E-state index contributed by atoms with van der Waals surface area (Å²) in [5, 5.41) is 6.72. The van der Waals surface area contributed by atoms with Crippen molar-refractivity contribution in [3.63, 3.8) is 0 Å². The zero-order valence-electron chi connectivity index (χ0n) is 12.2. The lowest BCUT2D eigenvalue weighted by atomic mass is 9.88. The molecule has 1 heterocycles. The van der Waals surface area contributed by atoms with Crippen molar-refractivity contribution in [2.75, 3.05) is 27.3 Å². The number of likely N-dealkylation sites (N-methyl/N-ethyl adjacent to an activating group) is 2. The van der Waals surface area contributed by atoms with Crippen molar-refractivity contribution in [2.24, 2.45) is 0 Å². The van der Waals surface area contributed by atoms with Gasteiger partial charge in [0.05, 0.1) is 13.2 Å². The van der Waals surface area contributed by atoms with Crippen LogP contribution in [0.25, 0.3) is 0 Å². The first kappa shape index (κ1) is 14.2. The molecule has 0 spiro atoms. The molecule has 2 rings (SSSR count). The molecule has 0 bridgehead atoms. The summed E-state index contributed by atoms with van der Waals surface area (Å²) < 4.78 is 11.4. The third-order valence-electron chi connectivity index (χ3n) is 3.76. The van der Waals surface area contributed by atoms with Gasteiger partial charge in [0.25, 0.3) is 0 Å². The van der Waals surface area contributed by atoms with E-state index in [1.807, 2.05) is 20.2 Å². The van der Waals surface area contributed by atoms with Crippen molar-refractivity contribution >= 4 is 0 Å². The highest BCUT2D eigenvalue weighted by molar-refractivity contribution is 5.44. The van der Waals surface area contributed by atoms with E-state index in [2.05, 4.69) is 36.6 Å². The minimum absolute atomic E-state index is 0.0471. The first-order valence-corrected chi connectivity index (χ1v) is 6.84. The molecule has 19 heavy (non-hydrogen) atoms. The van der Waals surface area contributed by atoms with Crippen molar-refractivity contribution in [3.05, 3.63) is 23.8 Å². The van der Waals surface area contributed by atoms with Crippen LogP contribution in [0.5, 0.6) is 11.5 Å². The molecular formula is C15H24N2O2. The van der Waals surface area contributed by atoms with E-state index in [-0.39, 0.29) is 11.6 Å². The summed E-state index contributed by atoms with van der Waals surface area (Å²) in [6, 6.07) is 6.40. The average molecular weight is 264 g/mol. The quantitative estimate of drug-likeness (QED) is 0.874. The Morgan fingerprint density at radius 3 is 2.42 bits per heavy atom. The Balaban J connectivity index is 2.32. The Kier molecular flexibility index (Phi) is 4.32. The SMILES string of the molecule is CNC(c1ccc2c(c1)OCCCO2)C(C)(C)NC. The molecule has 4 heteroatoms. The molecule has 0 amide bonds. The van der Waals surface area contributed by atoms with E-state index in [4.69, 9.17) is 9.47 Å². The second-order valence-electron chi connectivity index (χ2n) is 5.45. The minimum atomic E-state index is -0.0471. The maximum Gasteiger partial charge on any atom is 0.161 e. The summed E-state index contributed by atoms with van der Waals surface area (Å²) in [5.41, 5.74) is 1.15. The standard InChI is InChI=1S/C15H24N2O2/c1-15(2,17-4)14(16-3)11-6-7-12-13(10-11)19-9-5-8-18-12/h6-7,10,14,16-17H,5,8-9H2,1-4H3. The van der Waals surface area contributed by atoms with Crippen LogP contribution in [0.3, 0.4) is 0 Å². The molecule has 106 valence electrons. The van der Waals surface area contributed by atoms with E-state index < -0.39 is 0 Å². The molecule has 0 fully saturated rings. The van der Waals surface area contributed by atoms with Crippen molar-refractivity contribution in [1.29, 1.82) is 0 Å². The molecule has 4 nitrogen and oxygen atoms in total. The van der Waals surface area contributed by atoms with Crippen molar-refractivity contribution in [2.45, 2.75) is 31.8 Å². The van der Waals surface area contributed by atoms with Gasteiger partial charge in [-0.3, -0.25) is 0 Å². The third-order valence-corrected chi connectivity index (χ3v) is 3.76. The molecule has 1 unspecified atom stereocenters. The van der Waals surface area contributed by atoms with Crippen LogP contribution in [-0.4, -0.2) is 32.8 Å². The highest BCUT2D eigenvalue weighted by Gasteiger charge is 2.28. The number of benzene rings is 1. The van der Waals surface area contributed by atoms with Gasteiger partial charge in [0.15, 0.2) is 11.5 Å². The fourth-order valence-electron chi connectivity index (χ4n) is 2.45. The summed E-state index contributed by atoms with van der Waals surface area (Å²) >= 11 is 0.